The van der Waals surface area contributed by atoms with Crippen LogP contribution >= 0.6 is 11.3 Å². The molecule has 1 aromatic heterocycles. The van der Waals surface area contributed by atoms with Gasteiger partial charge in [0.05, 0.1) is 12.2 Å². The lowest BCUT2D eigenvalue weighted by Gasteiger charge is -2.06. The van der Waals surface area contributed by atoms with Crippen molar-refractivity contribution in [1.29, 1.82) is 0 Å². The molecule has 4 rings (SSSR count). The molecule has 0 aliphatic heterocycles. The second kappa shape index (κ2) is 9.05. The first-order chi connectivity index (χ1) is 14.2. The lowest BCUT2D eigenvalue weighted by Crippen LogP contribution is -2.06. The molecular weight excluding hydrogens is 382 g/mol. The summed E-state index contributed by atoms with van der Waals surface area (Å²) < 4.78 is 11.1. The fourth-order valence-electron chi connectivity index (χ4n) is 3.42. The fraction of sp³-hybridized carbons (Fsp3) is 0.250. The number of nitrogens with zero attached hydrogens (tertiary/aromatic N) is 1. The molecule has 2 aromatic carbocycles. The smallest absolute Gasteiger partial charge is 0.341 e. The van der Waals surface area contributed by atoms with Crippen molar-refractivity contribution >= 4 is 28.5 Å². The van der Waals surface area contributed by atoms with Crippen LogP contribution in [0.2, 0.25) is 0 Å². The van der Waals surface area contributed by atoms with Crippen molar-refractivity contribution in [1.82, 2.24) is 0 Å². The molecule has 29 heavy (non-hydrogen) atoms. The van der Waals surface area contributed by atoms with Gasteiger partial charge < -0.3 is 9.47 Å². The van der Waals surface area contributed by atoms with Gasteiger partial charge in [-0.25, -0.2) is 9.79 Å². The number of aliphatic imine (C=N–C) groups is 1. The van der Waals surface area contributed by atoms with Crippen LogP contribution in [0.15, 0.2) is 59.6 Å². The average molecular weight is 406 g/mol. The SMILES string of the molecule is CCOC(=O)c1c(N=Cc2ccc(OCc3ccccc3)cc2)sc2c1CCC2. The molecule has 148 valence electrons. The monoisotopic (exact) mass is 405 g/mol. The van der Waals surface area contributed by atoms with Crippen LogP contribution in [-0.2, 0) is 24.2 Å². The zero-order chi connectivity index (χ0) is 20.1. The van der Waals surface area contributed by atoms with E-state index in [1.807, 2.05) is 61.5 Å². The van der Waals surface area contributed by atoms with Gasteiger partial charge in [0.1, 0.15) is 17.4 Å². The first kappa shape index (κ1) is 19.4. The van der Waals surface area contributed by atoms with Crippen molar-refractivity contribution in [2.24, 2.45) is 4.99 Å². The second-order valence-corrected chi connectivity index (χ2v) is 7.94. The van der Waals surface area contributed by atoms with Gasteiger partial charge >= 0.3 is 5.97 Å². The highest BCUT2D eigenvalue weighted by Gasteiger charge is 2.27. The van der Waals surface area contributed by atoms with Gasteiger partial charge in [0.25, 0.3) is 0 Å². The maximum Gasteiger partial charge on any atom is 0.341 e. The third kappa shape index (κ3) is 4.57. The van der Waals surface area contributed by atoms with Gasteiger partial charge in [-0.1, -0.05) is 30.3 Å². The van der Waals surface area contributed by atoms with Crippen molar-refractivity contribution < 1.29 is 14.3 Å². The van der Waals surface area contributed by atoms with Crippen molar-refractivity contribution in [3.05, 3.63) is 81.7 Å². The Bertz CT molecular complexity index is 1010. The van der Waals surface area contributed by atoms with Crippen LogP contribution in [0.25, 0.3) is 0 Å². The van der Waals surface area contributed by atoms with Gasteiger partial charge in [-0.15, -0.1) is 11.3 Å². The Morgan fingerprint density at radius 1 is 1.10 bits per heavy atom. The number of aryl methyl sites for hydroxylation is 1. The third-order valence-electron chi connectivity index (χ3n) is 4.84. The van der Waals surface area contributed by atoms with E-state index in [1.54, 1.807) is 17.6 Å². The average Bonchev–Trinajstić information content (AvgIpc) is 3.33. The van der Waals surface area contributed by atoms with Gasteiger partial charge in [-0.05, 0) is 67.1 Å². The zero-order valence-corrected chi connectivity index (χ0v) is 17.2. The van der Waals surface area contributed by atoms with E-state index in [4.69, 9.17) is 9.47 Å². The molecule has 0 saturated heterocycles. The summed E-state index contributed by atoms with van der Waals surface area (Å²) in [5, 5.41) is 0.748. The summed E-state index contributed by atoms with van der Waals surface area (Å²) in [6.07, 6.45) is 4.85. The number of rotatable bonds is 7. The van der Waals surface area contributed by atoms with E-state index in [0.29, 0.717) is 18.8 Å². The zero-order valence-electron chi connectivity index (χ0n) is 16.4. The highest BCUT2D eigenvalue weighted by molar-refractivity contribution is 7.16. The maximum atomic E-state index is 12.4. The van der Waals surface area contributed by atoms with Gasteiger partial charge in [-0.2, -0.15) is 0 Å². The van der Waals surface area contributed by atoms with E-state index in [9.17, 15) is 4.79 Å². The molecule has 0 fully saturated rings. The maximum absolute atomic E-state index is 12.4. The Kier molecular flexibility index (Phi) is 6.06. The summed E-state index contributed by atoms with van der Waals surface area (Å²) in [4.78, 5) is 18.3. The second-order valence-electron chi connectivity index (χ2n) is 6.86. The Morgan fingerprint density at radius 3 is 2.66 bits per heavy atom. The number of fused-ring (bicyclic) bond motifs is 1. The topological polar surface area (TPSA) is 47.9 Å². The molecule has 1 aliphatic rings. The molecule has 0 N–H and O–H groups in total. The van der Waals surface area contributed by atoms with Crippen LogP contribution < -0.4 is 4.74 Å². The van der Waals surface area contributed by atoms with Crippen LogP contribution in [-0.4, -0.2) is 18.8 Å². The minimum atomic E-state index is -0.260. The summed E-state index contributed by atoms with van der Waals surface area (Å²) >= 11 is 1.61. The molecule has 3 aromatic rings. The van der Waals surface area contributed by atoms with Gasteiger partial charge in [0, 0.05) is 11.1 Å². The number of carbonyl (C=O) groups is 1. The molecule has 1 heterocycles. The van der Waals surface area contributed by atoms with Crippen LogP contribution in [0.5, 0.6) is 5.75 Å². The van der Waals surface area contributed by atoms with Crippen LogP contribution in [0.3, 0.4) is 0 Å². The van der Waals surface area contributed by atoms with Crippen molar-refractivity contribution in [3.63, 3.8) is 0 Å². The molecule has 0 radical (unpaired) electrons. The number of hydrogen-bond acceptors (Lipinski definition) is 5. The summed E-state index contributed by atoms with van der Waals surface area (Å²) in [5.74, 6) is 0.553. The Hall–Kier alpha value is -2.92. The minimum absolute atomic E-state index is 0.260. The lowest BCUT2D eigenvalue weighted by molar-refractivity contribution is 0.0527. The minimum Gasteiger partial charge on any atom is -0.489 e. The van der Waals surface area contributed by atoms with E-state index in [-0.39, 0.29) is 5.97 Å². The number of carbonyl (C=O) groups excluding carboxylic acids is 1. The molecule has 5 heteroatoms. The number of hydrogen-bond donors (Lipinski definition) is 0. The molecule has 0 spiro atoms. The standard InChI is InChI=1S/C24H23NO3S/c1-2-27-24(26)22-20-9-6-10-21(20)29-23(22)25-15-17-11-13-19(14-12-17)28-16-18-7-4-3-5-8-18/h3-5,7-8,11-15H,2,6,9-10,16H2,1H3. The van der Waals surface area contributed by atoms with E-state index >= 15 is 0 Å². The van der Waals surface area contributed by atoms with Crippen LogP contribution in [0.1, 0.15) is 45.3 Å². The molecule has 4 nitrogen and oxygen atoms in total. The molecule has 0 atom stereocenters. The highest BCUT2D eigenvalue weighted by atomic mass is 32.1. The molecule has 0 bridgehead atoms. The van der Waals surface area contributed by atoms with Gasteiger partial charge in [0.15, 0.2) is 0 Å². The Balaban J connectivity index is 1.46. The van der Waals surface area contributed by atoms with Crippen LogP contribution in [0.4, 0.5) is 5.00 Å². The van der Waals surface area contributed by atoms with E-state index in [1.165, 1.54) is 4.88 Å². The summed E-state index contributed by atoms with van der Waals surface area (Å²) in [7, 11) is 0. The Labute approximate surface area is 174 Å². The summed E-state index contributed by atoms with van der Waals surface area (Å²) in [6.45, 7) is 2.74. The molecule has 0 amide bonds. The van der Waals surface area contributed by atoms with E-state index in [2.05, 4.69) is 4.99 Å². The Morgan fingerprint density at radius 2 is 1.90 bits per heavy atom. The predicted molar refractivity (Wildman–Crippen MR) is 117 cm³/mol. The third-order valence-corrected chi connectivity index (χ3v) is 6.04. The van der Waals surface area contributed by atoms with Gasteiger partial charge in [0.2, 0.25) is 0 Å². The number of benzene rings is 2. The number of ether oxygens (including phenoxy) is 2. The molecule has 1 aliphatic carbocycles. The molecule has 0 unspecified atom stereocenters. The quantitative estimate of drug-likeness (QED) is 0.372. The van der Waals surface area contributed by atoms with Crippen molar-refractivity contribution in [3.8, 4) is 5.75 Å². The lowest BCUT2D eigenvalue weighted by atomic mass is 10.1. The first-order valence-electron chi connectivity index (χ1n) is 9.87. The molecule has 0 saturated carbocycles. The normalized spacial score (nSPS) is 12.9. The molecular formula is C24H23NO3S. The number of esters is 1. The summed E-state index contributed by atoms with van der Waals surface area (Å²) in [5.41, 5.74) is 3.88. The van der Waals surface area contributed by atoms with Crippen molar-refractivity contribution in [2.45, 2.75) is 32.8 Å². The van der Waals surface area contributed by atoms with E-state index in [0.717, 1.165) is 46.7 Å². The summed E-state index contributed by atoms with van der Waals surface area (Å²) in [6, 6.07) is 17.9. The van der Waals surface area contributed by atoms with Crippen molar-refractivity contribution in [2.75, 3.05) is 6.61 Å². The van der Waals surface area contributed by atoms with Gasteiger partial charge in [-0.3, -0.25) is 0 Å². The van der Waals surface area contributed by atoms with E-state index < -0.39 is 0 Å². The van der Waals surface area contributed by atoms with Crippen LogP contribution in [0, 0.1) is 0 Å². The fourth-order valence-corrected chi connectivity index (χ4v) is 4.64. The number of thiophene rings is 1. The largest absolute Gasteiger partial charge is 0.489 e. The highest BCUT2D eigenvalue weighted by Crippen LogP contribution is 2.41. The first-order valence-corrected chi connectivity index (χ1v) is 10.7. The predicted octanol–water partition coefficient (Wildman–Crippen LogP) is 5.74.